The third-order valence-corrected chi connectivity index (χ3v) is 4.45. The zero-order chi connectivity index (χ0) is 18.8. The van der Waals surface area contributed by atoms with Gasteiger partial charge in [-0.25, -0.2) is 4.99 Å². The number of nitrogens with zero attached hydrogens (tertiary/aromatic N) is 3. The minimum Gasteiger partial charge on any atom is -0.394 e. The highest BCUT2D eigenvalue weighted by atomic mass is 16.3. The Labute approximate surface area is 156 Å². The molecule has 7 nitrogen and oxygen atoms in total. The molecule has 7 heteroatoms. The molecule has 1 fully saturated rings. The number of guanidine groups is 1. The van der Waals surface area contributed by atoms with Gasteiger partial charge in [0, 0.05) is 12.4 Å². The second-order valence-electron chi connectivity index (χ2n) is 6.31. The van der Waals surface area contributed by atoms with Gasteiger partial charge < -0.3 is 10.4 Å². The van der Waals surface area contributed by atoms with Gasteiger partial charge >= 0.3 is 0 Å². The van der Waals surface area contributed by atoms with E-state index < -0.39 is 6.04 Å². The molecule has 2 heterocycles. The van der Waals surface area contributed by atoms with Crippen molar-refractivity contribution in [2.45, 2.75) is 6.04 Å². The van der Waals surface area contributed by atoms with E-state index in [1.54, 1.807) is 17.0 Å². The minimum atomic E-state index is -0.444. The molecular weight excluding hydrogens is 342 g/mol. The molecule has 3 N–H and O–H groups in total. The average molecular weight is 361 g/mol. The summed E-state index contributed by atoms with van der Waals surface area (Å²) in [6, 6.07) is 14.9. The van der Waals surface area contributed by atoms with E-state index in [1.807, 2.05) is 55.6 Å². The van der Waals surface area contributed by atoms with Crippen molar-refractivity contribution in [1.29, 1.82) is 0 Å². The maximum atomic E-state index is 12.3. The third-order valence-electron chi connectivity index (χ3n) is 4.45. The fraction of sp³-hybridized carbons (Fsp3) is 0.150. The van der Waals surface area contributed by atoms with Gasteiger partial charge in [-0.3, -0.25) is 14.8 Å². The predicted octanol–water partition coefficient (Wildman–Crippen LogP) is 1.72. The Bertz CT molecular complexity index is 1050. The number of aryl methyl sites for hydroxylation is 1. The second-order valence-corrected chi connectivity index (χ2v) is 6.31. The van der Waals surface area contributed by atoms with Crippen LogP contribution in [0.15, 0.2) is 65.4 Å². The topological polar surface area (TPSA) is 91.5 Å². The molecule has 1 unspecified atom stereocenters. The van der Waals surface area contributed by atoms with Crippen LogP contribution in [0.25, 0.3) is 17.0 Å². The Hall–Kier alpha value is -3.45. The fourth-order valence-electron chi connectivity index (χ4n) is 3.05. The summed E-state index contributed by atoms with van der Waals surface area (Å²) < 4.78 is 1.80. The fourth-order valence-corrected chi connectivity index (χ4v) is 3.05. The van der Waals surface area contributed by atoms with Crippen molar-refractivity contribution in [3.63, 3.8) is 0 Å². The van der Waals surface area contributed by atoms with E-state index in [9.17, 15) is 9.90 Å². The van der Waals surface area contributed by atoms with Crippen molar-refractivity contribution >= 4 is 28.8 Å². The molecule has 0 saturated carbocycles. The van der Waals surface area contributed by atoms with E-state index >= 15 is 0 Å². The molecule has 3 aromatic rings. The number of aromatic nitrogens is 2. The number of carbonyl (C=O) groups is 1. The summed E-state index contributed by atoms with van der Waals surface area (Å²) in [5.41, 5.74) is 3.19. The molecule has 1 aliphatic heterocycles. The molecule has 1 aromatic heterocycles. The average Bonchev–Trinajstić information content (AvgIpc) is 3.23. The van der Waals surface area contributed by atoms with Crippen LogP contribution < -0.4 is 10.6 Å². The van der Waals surface area contributed by atoms with Crippen LogP contribution in [-0.4, -0.2) is 33.4 Å². The van der Waals surface area contributed by atoms with E-state index in [0.717, 1.165) is 22.0 Å². The number of rotatable bonds is 4. The molecule has 0 bridgehead atoms. The van der Waals surface area contributed by atoms with E-state index in [-0.39, 0.29) is 12.5 Å². The maximum Gasteiger partial charge on any atom is 0.274 e. The number of aliphatic imine (C=N–C) groups is 1. The van der Waals surface area contributed by atoms with Gasteiger partial charge in [0.25, 0.3) is 5.91 Å². The van der Waals surface area contributed by atoms with Gasteiger partial charge in [0.05, 0.1) is 18.3 Å². The Kier molecular flexibility index (Phi) is 4.43. The lowest BCUT2D eigenvalue weighted by molar-refractivity contribution is -0.115. The van der Waals surface area contributed by atoms with Gasteiger partial charge in [-0.05, 0) is 29.3 Å². The van der Waals surface area contributed by atoms with Crippen molar-refractivity contribution in [2.75, 3.05) is 6.61 Å². The summed E-state index contributed by atoms with van der Waals surface area (Å²) in [6.45, 7) is -0.151. The van der Waals surface area contributed by atoms with Crippen molar-refractivity contribution in [1.82, 2.24) is 20.4 Å². The lowest BCUT2D eigenvalue weighted by Crippen LogP contribution is -2.26. The van der Waals surface area contributed by atoms with Crippen molar-refractivity contribution < 1.29 is 9.90 Å². The van der Waals surface area contributed by atoms with Crippen molar-refractivity contribution in [2.24, 2.45) is 12.0 Å². The molecule has 2 aromatic carbocycles. The highest BCUT2D eigenvalue weighted by Crippen LogP contribution is 2.19. The quantitative estimate of drug-likeness (QED) is 0.617. The van der Waals surface area contributed by atoms with Gasteiger partial charge in [0.2, 0.25) is 5.96 Å². The molecule has 0 radical (unpaired) electrons. The number of hydrogen-bond acceptors (Lipinski definition) is 4. The maximum absolute atomic E-state index is 12.3. The highest BCUT2D eigenvalue weighted by Gasteiger charge is 2.23. The first-order chi connectivity index (χ1) is 13.1. The Morgan fingerprint density at radius 1 is 1.22 bits per heavy atom. The molecule has 1 saturated heterocycles. The second kappa shape index (κ2) is 7.05. The molecule has 136 valence electrons. The van der Waals surface area contributed by atoms with Crippen LogP contribution in [0.2, 0.25) is 0 Å². The largest absolute Gasteiger partial charge is 0.394 e. The SMILES string of the molecule is Cn1ncc2cc(/C=C3\NC(=NC(CO)c4ccccc4)NC3=O)ccc21. The summed E-state index contributed by atoms with van der Waals surface area (Å²) in [5, 5.41) is 20.6. The zero-order valence-electron chi connectivity index (χ0n) is 14.8. The van der Waals surface area contributed by atoms with Gasteiger partial charge in [-0.15, -0.1) is 0 Å². The smallest absolute Gasteiger partial charge is 0.274 e. The summed E-state index contributed by atoms with van der Waals surface area (Å²) in [7, 11) is 1.89. The van der Waals surface area contributed by atoms with Crippen molar-refractivity contribution in [3.8, 4) is 0 Å². The van der Waals surface area contributed by atoms with Crippen LogP contribution in [0.5, 0.6) is 0 Å². The van der Waals surface area contributed by atoms with Crippen LogP contribution in [0, 0.1) is 0 Å². The van der Waals surface area contributed by atoms with Crippen LogP contribution in [0.1, 0.15) is 17.2 Å². The van der Waals surface area contributed by atoms with Crippen LogP contribution in [0.4, 0.5) is 0 Å². The number of carbonyl (C=O) groups excluding carboxylic acids is 1. The summed E-state index contributed by atoms with van der Waals surface area (Å²) in [6.07, 6.45) is 3.55. The number of fused-ring (bicyclic) bond motifs is 1. The van der Waals surface area contributed by atoms with Gasteiger partial charge in [0.15, 0.2) is 0 Å². The normalized spacial score (nSPS) is 18.1. The summed E-state index contributed by atoms with van der Waals surface area (Å²) in [5.74, 6) is 0.0707. The first-order valence-corrected chi connectivity index (χ1v) is 8.59. The van der Waals surface area contributed by atoms with E-state index in [2.05, 4.69) is 20.7 Å². The molecule has 1 atom stereocenters. The Balaban J connectivity index is 1.58. The summed E-state index contributed by atoms with van der Waals surface area (Å²) >= 11 is 0. The Morgan fingerprint density at radius 3 is 2.81 bits per heavy atom. The van der Waals surface area contributed by atoms with E-state index in [0.29, 0.717) is 11.7 Å². The number of benzene rings is 2. The molecule has 4 rings (SSSR count). The third kappa shape index (κ3) is 3.45. The van der Waals surface area contributed by atoms with Gasteiger partial charge in [-0.1, -0.05) is 36.4 Å². The zero-order valence-corrected chi connectivity index (χ0v) is 14.8. The minimum absolute atomic E-state index is 0.151. The van der Waals surface area contributed by atoms with Crippen LogP contribution >= 0.6 is 0 Å². The molecule has 27 heavy (non-hydrogen) atoms. The molecule has 1 aliphatic rings. The molecular formula is C20H19N5O2. The highest BCUT2D eigenvalue weighted by molar-refractivity contribution is 6.15. The van der Waals surface area contributed by atoms with Gasteiger partial charge in [-0.2, -0.15) is 5.10 Å². The Morgan fingerprint density at radius 2 is 2.04 bits per heavy atom. The van der Waals surface area contributed by atoms with E-state index in [1.165, 1.54) is 0 Å². The number of aliphatic hydroxyl groups excluding tert-OH is 1. The molecule has 0 aliphatic carbocycles. The van der Waals surface area contributed by atoms with Crippen LogP contribution in [-0.2, 0) is 11.8 Å². The van der Waals surface area contributed by atoms with E-state index in [4.69, 9.17) is 0 Å². The standard InChI is InChI=1S/C20H19N5O2/c1-25-18-8-7-13(9-15(18)11-21-25)10-16-19(27)24-20(22-16)23-17(12-26)14-5-3-2-4-6-14/h2-11,17,26H,12H2,1H3,(H2,22,23,24,27)/b16-10-. The number of aliphatic hydroxyl groups is 1. The number of hydrogen-bond donors (Lipinski definition) is 3. The van der Waals surface area contributed by atoms with Gasteiger partial charge in [0.1, 0.15) is 11.7 Å². The lowest BCUT2D eigenvalue weighted by Gasteiger charge is -2.10. The monoisotopic (exact) mass is 361 g/mol. The molecule has 0 spiro atoms. The molecule has 1 amide bonds. The lowest BCUT2D eigenvalue weighted by atomic mass is 10.1. The predicted molar refractivity (Wildman–Crippen MR) is 104 cm³/mol. The first-order valence-electron chi connectivity index (χ1n) is 8.59. The van der Waals surface area contributed by atoms with Crippen LogP contribution in [0.3, 0.4) is 0 Å². The number of nitrogens with one attached hydrogen (secondary N) is 2. The van der Waals surface area contributed by atoms with Crippen molar-refractivity contribution in [3.05, 3.63) is 71.6 Å². The summed E-state index contributed by atoms with van der Waals surface area (Å²) in [4.78, 5) is 16.7. The first kappa shape index (κ1) is 17.0. The number of amides is 1.